The third-order valence-corrected chi connectivity index (χ3v) is 7.72. The van der Waals surface area contributed by atoms with Crippen LogP contribution in [0.25, 0.3) is 22.3 Å². The Morgan fingerprint density at radius 3 is 2.83 bits per heavy atom. The predicted molar refractivity (Wildman–Crippen MR) is 131 cm³/mol. The lowest BCUT2D eigenvalue weighted by Crippen LogP contribution is -2.44. The quantitative estimate of drug-likeness (QED) is 0.326. The van der Waals surface area contributed by atoms with Crippen LogP contribution in [-0.4, -0.2) is 40.8 Å². The van der Waals surface area contributed by atoms with E-state index >= 15 is 0 Å². The highest BCUT2D eigenvalue weighted by molar-refractivity contribution is 5.93. The molecule has 8 heteroatoms. The van der Waals surface area contributed by atoms with Crippen molar-refractivity contribution in [2.75, 3.05) is 20.2 Å². The summed E-state index contributed by atoms with van der Waals surface area (Å²) >= 11 is 0. The van der Waals surface area contributed by atoms with Gasteiger partial charge in [0, 0.05) is 22.1 Å². The molecular weight excluding hydrogens is 446 g/mol. The molecule has 35 heavy (non-hydrogen) atoms. The SMILES string of the molecule is CC[C@@]1(O)C(=O)OCc2c1cc1n(c2=O)Cc2c-1nc1ccc(OCCCNC)c3c1c2CCC3. The monoisotopic (exact) mass is 475 g/mol. The molecule has 0 radical (unpaired) electrons. The van der Waals surface area contributed by atoms with Gasteiger partial charge in [0.1, 0.15) is 12.4 Å². The van der Waals surface area contributed by atoms with E-state index in [4.69, 9.17) is 14.5 Å². The van der Waals surface area contributed by atoms with Crippen molar-refractivity contribution in [1.82, 2.24) is 14.9 Å². The molecule has 1 atom stereocenters. The van der Waals surface area contributed by atoms with Gasteiger partial charge in [-0.05, 0) is 69.5 Å². The summed E-state index contributed by atoms with van der Waals surface area (Å²) in [4.78, 5) is 30.9. The molecular formula is C27H29N3O5. The lowest BCUT2D eigenvalue weighted by molar-refractivity contribution is -0.172. The first kappa shape index (κ1) is 22.2. The number of carbonyl (C=O) groups excluding carboxylic acids is 1. The maximum Gasteiger partial charge on any atom is 0.343 e. The smallest absolute Gasteiger partial charge is 0.343 e. The number of nitrogens with zero attached hydrogens (tertiary/aromatic N) is 2. The highest BCUT2D eigenvalue weighted by atomic mass is 16.6. The van der Waals surface area contributed by atoms with E-state index in [2.05, 4.69) is 5.32 Å². The number of esters is 1. The molecule has 0 fully saturated rings. The Labute approximate surface area is 202 Å². The average Bonchev–Trinajstić information content (AvgIpc) is 3.25. The van der Waals surface area contributed by atoms with Gasteiger partial charge in [-0.3, -0.25) is 4.79 Å². The van der Waals surface area contributed by atoms with Crippen LogP contribution in [0.4, 0.5) is 0 Å². The van der Waals surface area contributed by atoms with Gasteiger partial charge in [-0.15, -0.1) is 0 Å². The van der Waals surface area contributed by atoms with Crippen LogP contribution in [-0.2, 0) is 41.1 Å². The van der Waals surface area contributed by atoms with Gasteiger partial charge < -0.3 is 24.5 Å². The number of nitrogens with one attached hydrogen (secondary N) is 1. The van der Waals surface area contributed by atoms with Crippen LogP contribution in [0.3, 0.4) is 0 Å². The third kappa shape index (κ3) is 3.16. The molecule has 3 aromatic rings. The van der Waals surface area contributed by atoms with Gasteiger partial charge in [0.25, 0.3) is 5.56 Å². The predicted octanol–water partition coefficient (Wildman–Crippen LogP) is 2.56. The van der Waals surface area contributed by atoms with Gasteiger partial charge in [0.05, 0.1) is 35.6 Å². The molecule has 3 aliphatic rings. The Morgan fingerprint density at radius 2 is 2.03 bits per heavy atom. The largest absolute Gasteiger partial charge is 0.493 e. The summed E-state index contributed by atoms with van der Waals surface area (Å²) in [5, 5.41) is 15.4. The normalized spacial score (nSPS) is 19.8. The van der Waals surface area contributed by atoms with Gasteiger partial charge in [-0.25, -0.2) is 9.78 Å². The molecule has 2 N–H and O–H groups in total. The number of rotatable bonds is 6. The van der Waals surface area contributed by atoms with Crippen molar-refractivity contribution >= 4 is 16.9 Å². The van der Waals surface area contributed by atoms with Crippen molar-refractivity contribution in [2.24, 2.45) is 0 Å². The molecule has 6 rings (SSSR count). The van der Waals surface area contributed by atoms with Crippen LogP contribution in [0.15, 0.2) is 23.0 Å². The Hall–Kier alpha value is -3.23. The minimum absolute atomic E-state index is 0.118. The van der Waals surface area contributed by atoms with E-state index in [0.717, 1.165) is 60.1 Å². The molecule has 0 saturated heterocycles. The maximum atomic E-state index is 13.5. The summed E-state index contributed by atoms with van der Waals surface area (Å²) in [6, 6.07) is 5.79. The number of carbonyl (C=O) groups is 1. The van der Waals surface area contributed by atoms with Crippen molar-refractivity contribution in [1.29, 1.82) is 0 Å². The number of pyridine rings is 2. The second kappa shape index (κ2) is 8.17. The van der Waals surface area contributed by atoms with E-state index in [1.807, 2.05) is 19.2 Å². The van der Waals surface area contributed by atoms with E-state index in [1.54, 1.807) is 17.6 Å². The van der Waals surface area contributed by atoms with Crippen LogP contribution in [0, 0.1) is 0 Å². The molecule has 8 nitrogen and oxygen atoms in total. The number of ether oxygens (including phenoxy) is 2. The van der Waals surface area contributed by atoms with Gasteiger partial charge >= 0.3 is 5.97 Å². The van der Waals surface area contributed by atoms with Crippen molar-refractivity contribution in [2.45, 2.75) is 57.8 Å². The third-order valence-electron chi connectivity index (χ3n) is 7.72. The second-order valence-electron chi connectivity index (χ2n) is 9.62. The van der Waals surface area contributed by atoms with Crippen molar-refractivity contribution in [3.63, 3.8) is 0 Å². The van der Waals surface area contributed by atoms with E-state index in [0.29, 0.717) is 30.0 Å². The first-order chi connectivity index (χ1) is 17.0. The number of fused-ring (bicyclic) bond motifs is 5. The molecule has 4 heterocycles. The molecule has 0 amide bonds. The summed E-state index contributed by atoms with van der Waals surface area (Å²) in [6.07, 6.45) is 3.93. The molecule has 2 aliphatic heterocycles. The van der Waals surface area contributed by atoms with Gasteiger partial charge in [0.15, 0.2) is 5.60 Å². The second-order valence-corrected chi connectivity index (χ2v) is 9.62. The summed E-state index contributed by atoms with van der Waals surface area (Å²) in [7, 11) is 1.94. The molecule has 0 spiro atoms. The number of hydrogen-bond donors (Lipinski definition) is 2. The van der Waals surface area contributed by atoms with Crippen LogP contribution in [0.2, 0.25) is 0 Å². The fourth-order valence-corrected chi connectivity index (χ4v) is 5.85. The Morgan fingerprint density at radius 1 is 1.20 bits per heavy atom. The molecule has 2 aromatic heterocycles. The zero-order valence-corrected chi connectivity index (χ0v) is 20.1. The number of hydrogen-bond acceptors (Lipinski definition) is 7. The highest BCUT2D eigenvalue weighted by Crippen LogP contribution is 2.43. The fraction of sp³-hybridized carbons (Fsp3) is 0.444. The molecule has 1 aromatic carbocycles. The van der Waals surface area contributed by atoms with Crippen LogP contribution in [0.1, 0.15) is 54.0 Å². The average molecular weight is 476 g/mol. The van der Waals surface area contributed by atoms with E-state index in [1.165, 1.54) is 11.1 Å². The zero-order chi connectivity index (χ0) is 24.3. The number of aryl methyl sites for hydroxylation is 2. The maximum absolute atomic E-state index is 13.5. The minimum Gasteiger partial charge on any atom is -0.493 e. The fourth-order valence-electron chi connectivity index (χ4n) is 5.85. The Kier molecular flexibility index (Phi) is 5.19. The number of aliphatic hydroxyl groups is 1. The molecule has 0 saturated carbocycles. The van der Waals surface area contributed by atoms with Crippen LogP contribution in [0.5, 0.6) is 5.75 Å². The first-order valence-corrected chi connectivity index (χ1v) is 12.4. The first-order valence-electron chi connectivity index (χ1n) is 12.4. The molecule has 0 bridgehead atoms. The van der Waals surface area contributed by atoms with Crippen molar-refractivity contribution in [3.05, 3.63) is 56.4 Å². The van der Waals surface area contributed by atoms with Crippen LogP contribution >= 0.6 is 0 Å². The highest BCUT2D eigenvalue weighted by Gasteiger charge is 2.45. The zero-order valence-electron chi connectivity index (χ0n) is 20.1. The topological polar surface area (TPSA) is 103 Å². The van der Waals surface area contributed by atoms with Gasteiger partial charge in [-0.1, -0.05) is 6.92 Å². The molecule has 0 unspecified atom stereocenters. The minimum atomic E-state index is -1.82. The lowest BCUT2D eigenvalue weighted by Gasteiger charge is -2.31. The number of benzene rings is 1. The number of aromatic nitrogens is 2. The summed E-state index contributed by atoms with van der Waals surface area (Å²) in [5.74, 6) is 0.214. The summed E-state index contributed by atoms with van der Waals surface area (Å²) < 4.78 is 13.0. The number of cyclic esters (lactones) is 1. The lowest BCUT2D eigenvalue weighted by atomic mass is 9.85. The van der Waals surface area contributed by atoms with E-state index in [-0.39, 0.29) is 18.6 Å². The summed E-state index contributed by atoms with van der Waals surface area (Å²) in [6.45, 7) is 3.59. The van der Waals surface area contributed by atoms with E-state index in [9.17, 15) is 14.7 Å². The Bertz CT molecular complexity index is 1440. The van der Waals surface area contributed by atoms with Crippen molar-refractivity contribution in [3.8, 4) is 17.1 Å². The van der Waals surface area contributed by atoms with Gasteiger partial charge in [-0.2, -0.15) is 0 Å². The standard InChI is InChI=1S/C27H29N3O5/c1-3-27(33)19-12-21-24-17(13-30(21)25(31)18(19)14-35-26(27)32)15-6-4-7-16-22(34-11-5-10-28-2)9-8-20(29-24)23(15)16/h8-9,12,28,33H,3-7,10-11,13-14H2,1-2H3/t27-/m0/s1. The Balaban J connectivity index is 1.51. The van der Waals surface area contributed by atoms with Crippen molar-refractivity contribution < 1.29 is 19.4 Å². The summed E-state index contributed by atoms with van der Waals surface area (Å²) in [5.41, 5.74) is 4.44. The van der Waals surface area contributed by atoms with Gasteiger partial charge in [0.2, 0.25) is 0 Å². The molecule has 182 valence electrons. The van der Waals surface area contributed by atoms with E-state index < -0.39 is 11.6 Å². The molecule has 1 aliphatic carbocycles. The van der Waals surface area contributed by atoms with Crippen LogP contribution < -0.4 is 15.6 Å².